The van der Waals surface area contributed by atoms with Gasteiger partial charge in [-0.15, -0.1) is 0 Å². The third-order valence-electron chi connectivity index (χ3n) is 4.15. The molecule has 0 spiro atoms. The summed E-state index contributed by atoms with van der Waals surface area (Å²) in [6.07, 6.45) is 3.50. The van der Waals surface area contributed by atoms with Crippen LogP contribution in [0.15, 0.2) is 70.7 Å². The molecule has 4 rings (SSSR count). The van der Waals surface area contributed by atoms with E-state index in [1.54, 1.807) is 36.5 Å². The summed E-state index contributed by atoms with van der Waals surface area (Å²) < 4.78 is 0. The maximum absolute atomic E-state index is 12.4. The molecule has 134 valence electrons. The van der Waals surface area contributed by atoms with E-state index in [0.29, 0.717) is 10.1 Å². The van der Waals surface area contributed by atoms with Gasteiger partial charge in [-0.1, -0.05) is 30.3 Å². The molecule has 0 unspecified atom stereocenters. The molecule has 1 aliphatic rings. The number of H-pyrrole nitrogens is 1. The third-order valence-corrected chi connectivity index (χ3v) is 5.21. The molecule has 1 aliphatic heterocycles. The normalized spacial score (nSPS) is 15.2. The molecule has 0 aliphatic carbocycles. The average molecular weight is 376 g/mol. The number of nitrogens with one attached hydrogen (secondary N) is 1. The van der Waals surface area contributed by atoms with Gasteiger partial charge in [-0.25, -0.2) is 0 Å². The highest BCUT2D eigenvalue weighted by atomic mass is 32.2. The van der Waals surface area contributed by atoms with E-state index in [0.717, 1.165) is 22.5 Å². The molecule has 0 saturated carbocycles. The van der Waals surface area contributed by atoms with Gasteiger partial charge in [0.25, 0.3) is 5.91 Å². The molecule has 1 amide bonds. The topological polar surface area (TPSA) is 81.6 Å². The lowest BCUT2D eigenvalue weighted by molar-refractivity contribution is -0.113. The zero-order valence-corrected chi connectivity index (χ0v) is 15.3. The zero-order valence-electron chi connectivity index (χ0n) is 14.5. The summed E-state index contributed by atoms with van der Waals surface area (Å²) in [5.41, 5.74) is 3.53. The van der Waals surface area contributed by atoms with Crippen LogP contribution in [-0.4, -0.2) is 33.4 Å². The van der Waals surface area contributed by atoms with E-state index in [9.17, 15) is 9.90 Å². The van der Waals surface area contributed by atoms with Crippen molar-refractivity contribution in [2.75, 3.05) is 11.9 Å². The number of hydrogen-bond acceptors (Lipinski definition) is 5. The average Bonchev–Trinajstić information content (AvgIpc) is 3.30. The maximum atomic E-state index is 12.4. The first kappa shape index (κ1) is 17.1. The van der Waals surface area contributed by atoms with Crippen LogP contribution in [0.3, 0.4) is 0 Å². The lowest BCUT2D eigenvalue weighted by atomic mass is 10.1. The molecule has 0 bridgehead atoms. The Morgan fingerprint density at radius 3 is 2.59 bits per heavy atom. The lowest BCUT2D eigenvalue weighted by Gasteiger charge is -2.17. The van der Waals surface area contributed by atoms with E-state index in [1.165, 1.54) is 11.8 Å². The quantitative estimate of drug-likeness (QED) is 0.678. The fourth-order valence-corrected chi connectivity index (χ4v) is 3.60. The first-order chi connectivity index (χ1) is 13.1. The lowest BCUT2D eigenvalue weighted by Crippen LogP contribution is -2.21. The minimum atomic E-state index is -0.277. The Morgan fingerprint density at radius 2 is 1.85 bits per heavy atom. The molecule has 3 aromatic rings. The molecule has 2 heterocycles. The second kappa shape index (κ2) is 7.13. The van der Waals surface area contributed by atoms with Gasteiger partial charge in [0.1, 0.15) is 5.75 Å². The summed E-state index contributed by atoms with van der Waals surface area (Å²) in [4.78, 5) is 18.9. The summed E-state index contributed by atoms with van der Waals surface area (Å²) in [7, 11) is 1.84. The monoisotopic (exact) mass is 376 g/mol. The number of nitrogens with zero attached hydrogens (tertiary/aromatic N) is 3. The Labute approximate surface area is 160 Å². The van der Waals surface area contributed by atoms with Crippen molar-refractivity contribution in [1.29, 1.82) is 0 Å². The largest absolute Gasteiger partial charge is 0.508 e. The van der Waals surface area contributed by atoms with Crippen LogP contribution in [0.25, 0.3) is 17.3 Å². The predicted octanol–water partition coefficient (Wildman–Crippen LogP) is 3.89. The predicted molar refractivity (Wildman–Crippen MR) is 109 cm³/mol. The van der Waals surface area contributed by atoms with E-state index in [2.05, 4.69) is 15.2 Å². The number of aromatic amines is 1. The molecular weight excluding hydrogens is 360 g/mol. The van der Waals surface area contributed by atoms with Gasteiger partial charge in [-0.2, -0.15) is 10.1 Å². The summed E-state index contributed by atoms with van der Waals surface area (Å²) in [6, 6.07) is 16.6. The van der Waals surface area contributed by atoms with Crippen molar-refractivity contribution < 1.29 is 9.90 Å². The Morgan fingerprint density at radius 1 is 1.11 bits per heavy atom. The van der Waals surface area contributed by atoms with Gasteiger partial charge in [-0.05, 0) is 42.1 Å². The summed E-state index contributed by atoms with van der Waals surface area (Å²) in [5.74, 6) is -0.0842. The number of aromatic nitrogens is 2. The van der Waals surface area contributed by atoms with Crippen LogP contribution in [-0.2, 0) is 4.79 Å². The van der Waals surface area contributed by atoms with E-state index in [1.807, 2.05) is 42.3 Å². The summed E-state index contributed by atoms with van der Waals surface area (Å²) in [6.45, 7) is 0. The second-order valence-corrected chi connectivity index (χ2v) is 6.96. The molecule has 2 aromatic carbocycles. The molecular formula is C20H16N4O2S. The zero-order chi connectivity index (χ0) is 18.8. The number of thioether (sulfide) groups is 1. The molecule has 0 atom stereocenters. The van der Waals surface area contributed by atoms with Crippen LogP contribution in [0.1, 0.15) is 5.56 Å². The van der Waals surface area contributed by atoms with Crippen LogP contribution >= 0.6 is 11.8 Å². The van der Waals surface area contributed by atoms with Crippen molar-refractivity contribution in [1.82, 2.24) is 10.2 Å². The van der Waals surface area contributed by atoms with Crippen LogP contribution in [0.5, 0.6) is 5.75 Å². The Kier molecular flexibility index (Phi) is 4.52. The molecule has 0 radical (unpaired) electrons. The highest BCUT2D eigenvalue weighted by molar-refractivity contribution is 8.18. The van der Waals surface area contributed by atoms with Crippen molar-refractivity contribution in [3.05, 3.63) is 71.3 Å². The van der Waals surface area contributed by atoms with Crippen molar-refractivity contribution in [2.24, 2.45) is 4.99 Å². The minimum Gasteiger partial charge on any atom is -0.508 e. The van der Waals surface area contributed by atoms with Crippen LogP contribution in [0.4, 0.5) is 5.69 Å². The Hall–Kier alpha value is -3.32. The van der Waals surface area contributed by atoms with E-state index >= 15 is 0 Å². The van der Waals surface area contributed by atoms with Gasteiger partial charge < -0.3 is 10.0 Å². The smallest absolute Gasteiger partial charge is 0.286 e. The van der Waals surface area contributed by atoms with E-state index in [4.69, 9.17) is 0 Å². The minimum absolute atomic E-state index is 0.193. The molecule has 0 saturated heterocycles. The maximum Gasteiger partial charge on any atom is 0.286 e. The highest BCUT2D eigenvalue weighted by Crippen LogP contribution is 2.33. The van der Waals surface area contributed by atoms with Gasteiger partial charge in [0.05, 0.1) is 16.8 Å². The van der Waals surface area contributed by atoms with Crippen molar-refractivity contribution in [3.63, 3.8) is 0 Å². The number of amidine groups is 1. The van der Waals surface area contributed by atoms with Crippen LogP contribution < -0.4 is 4.90 Å². The second-order valence-electron chi connectivity index (χ2n) is 5.95. The fourth-order valence-electron chi connectivity index (χ4n) is 2.71. The Bertz CT molecular complexity index is 1040. The third kappa shape index (κ3) is 3.50. The summed E-state index contributed by atoms with van der Waals surface area (Å²) >= 11 is 1.31. The number of carbonyl (C=O) groups is 1. The van der Waals surface area contributed by atoms with Gasteiger partial charge in [-0.3, -0.25) is 9.89 Å². The summed E-state index contributed by atoms with van der Waals surface area (Å²) in [5, 5.41) is 17.1. The van der Waals surface area contributed by atoms with Crippen molar-refractivity contribution in [2.45, 2.75) is 0 Å². The molecule has 0 fully saturated rings. The van der Waals surface area contributed by atoms with E-state index < -0.39 is 0 Å². The fraction of sp³-hybridized carbons (Fsp3) is 0.0500. The number of benzene rings is 2. The number of amides is 1. The number of aromatic hydroxyl groups is 1. The molecule has 6 nitrogen and oxygen atoms in total. The van der Waals surface area contributed by atoms with Gasteiger partial charge in [0.15, 0.2) is 5.17 Å². The van der Waals surface area contributed by atoms with Crippen molar-refractivity contribution >= 4 is 34.6 Å². The highest BCUT2D eigenvalue weighted by Gasteiger charge is 2.25. The molecule has 1 aromatic heterocycles. The molecule has 7 heteroatoms. The van der Waals surface area contributed by atoms with Crippen molar-refractivity contribution in [3.8, 4) is 17.0 Å². The van der Waals surface area contributed by atoms with E-state index in [-0.39, 0.29) is 11.7 Å². The number of carbonyl (C=O) groups excluding carboxylic acids is 1. The number of phenols is 1. The van der Waals surface area contributed by atoms with Crippen LogP contribution in [0.2, 0.25) is 0 Å². The van der Waals surface area contributed by atoms with Crippen LogP contribution in [0, 0.1) is 0 Å². The van der Waals surface area contributed by atoms with Gasteiger partial charge >= 0.3 is 0 Å². The number of rotatable bonds is 3. The number of aliphatic imine (C=N–C) groups is 1. The molecule has 27 heavy (non-hydrogen) atoms. The van der Waals surface area contributed by atoms with Gasteiger partial charge in [0, 0.05) is 23.9 Å². The standard InChI is InChI=1S/C20H16N4O2S/c1-24(15-7-9-16(25)10-8-15)20-22-19(26)17(27-20)11-14-12-21-23-18(14)13-5-3-2-4-6-13/h2-12,25H,1H3,(H,21,23). The number of anilines is 1. The SMILES string of the molecule is CN(C1=NC(=O)C(=Cc2cn[nH]c2-c2ccccc2)S1)c1ccc(O)cc1. The first-order valence-electron chi connectivity index (χ1n) is 8.26. The van der Waals surface area contributed by atoms with Gasteiger partial charge in [0.2, 0.25) is 0 Å². The molecule has 2 N–H and O–H groups in total. The Balaban J connectivity index is 1.58. The number of hydrogen-bond donors (Lipinski definition) is 2. The number of phenolic OH excluding ortho intramolecular Hbond substituents is 1. The first-order valence-corrected chi connectivity index (χ1v) is 9.07.